The molecule has 0 spiro atoms. The molecule has 9 heavy (non-hydrogen) atoms. The highest BCUT2D eigenvalue weighted by Gasteiger charge is 1.86. The Morgan fingerprint density at radius 3 is 3.11 bits per heavy atom. The van der Waals surface area contributed by atoms with E-state index < -0.39 is 0 Å². The monoisotopic (exact) mass is 121 g/mol. The van der Waals surface area contributed by atoms with Crippen LogP contribution in [-0.4, -0.2) is 11.5 Å². The number of nitrogens with two attached hydrogens (primary N) is 1. The molecular formula is C7H9N2. The molecule has 2 heteroatoms. The van der Waals surface area contributed by atoms with Crippen molar-refractivity contribution in [1.82, 2.24) is 4.98 Å². The topological polar surface area (TPSA) is 38.9 Å². The fourth-order valence-electron chi connectivity index (χ4n) is 0.633. The molecule has 1 radical (unpaired) electrons. The maximum absolute atomic E-state index is 5.28. The van der Waals surface area contributed by atoms with E-state index in [1.807, 2.05) is 18.6 Å². The largest absolute Gasteiger partial charge is 0.330 e. The molecule has 1 aromatic heterocycles. The summed E-state index contributed by atoms with van der Waals surface area (Å²) in [7, 11) is 0. The second kappa shape index (κ2) is 3.20. The van der Waals surface area contributed by atoms with Crippen LogP contribution < -0.4 is 5.73 Å². The molecule has 1 aromatic rings. The third-order valence-corrected chi connectivity index (χ3v) is 1.04. The first-order valence-corrected chi connectivity index (χ1v) is 2.87. The fraction of sp³-hybridized carbons (Fsp3) is 0.143. The van der Waals surface area contributed by atoms with Gasteiger partial charge in [-0.1, -0.05) is 6.07 Å². The lowest BCUT2D eigenvalue weighted by Crippen LogP contribution is -1.99. The molecule has 0 aliphatic heterocycles. The third kappa shape index (κ3) is 1.82. The van der Waals surface area contributed by atoms with E-state index in [1.54, 1.807) is 12.4 Å². The number of hydrogen-bond donors (Lipinski definition) is 1. The van der Waals surface area contributed by atoms with Crippen molar-refractivity contribution in [2.45, 2.75) is 0 Å². The van der Waals surface area contributed by atoms with Gasteiger partial charge in [-0.15, -0.1) is 0 Å². The van der Waals surface area contributed by atoms with Gasteiger partial charge in [-0.05, 0) is 18.2 Å². The summed E-state index contributed by atoms with van der Waals surface area (Å²) in [5.41, 5.74) is 6.36. The third-order valence-electron chi connectivity index (χ3n) is 1.04. The van der Waals surface area contributed by atoms with Crippen molar-refractivity contribution in [3.63, 3.8) is 0 Å². The number of aromatic nitrogens is 1. The van der Waals surface area contributed by atoms with Crippen molar-refractivity contribution in [2.75, 3.05) is 6.54 Å². The van der Waals surface area contributed by atoms with Crippen molar-refractivity contribution >= 4 is 0 Å². The molecule has 1 heterocycles. The van der Waals surface area contributed by atoms with Gasteiger partial charge < -0.3 is 5.73 Å². The van der Waals surface area contributed by atoms with Gasteiger partial charge in [0.1, 0.15) is 0 Å². The highest BCUT2D eigenvalue weighted by molar-refractivity contribution is 5.17. The summed E-state index contributed by atoms with van der Waals surface area (Å²) in [5, 5.41) is 0. The van der Waals surface area contributed by atoms with Crippen molar-refractivity contribution in [3.05, 3.63) is 36.5 Å². The Labute approximate surface area is 54.7 Å². The van der Waals surface area contributed by atoms with Gasteiger partial charge in [-0.3, -0.25) is 4.98 Å². The highest BCUT2D eigenvalue weighted by atomic mass is 14.6. The molecule has 0 aliphatic rings. The standard InChI is InChI=1S/C7H9N2/c8-4-3-7-2-1-5-9-6-7/h1-3,5-6H,4,8H2. The van der Waals surface area contributed by atoms with Gasteiger partial charge >= 0.3 is 0 Å². The van der Waals surface area contributed by atoms with Gasteiger partial charge in [0.15, 0.2) is 0 Å². The van der Waals surface area contributed by atoms with E-state index in [-0.39, 0.29) is 0 Å². The molecule has 0 unspecified atom stereocenters. The van der Waals surface area contributed by atoms with Crippen LogP contribution >= 0.6 is 0 Å². The second-order valence-electron chi connectivity index (χ2n) is 1.73. The van der Waals surface area contributed by atoms with Crippen molar-refractivity contribution in [3.8, 4) is 0 Å². The first-order chi connectivity index (χ1) is 4.43. The number of nitrogens with zero attached hydrogens (tertiary/aromatic N) is 1. The minimum absolute atomic E-state index is 0.575. The number of rotatable bonds is 2. The highest BCUT2D eigenvalue weighted by Crippen LogP contribution is 1.96. The van der Waals surface area contributed by atoms with Crippen LogP contribution in [0.4, 0.5) is 0 Å². The lowest BCUT2D eigenvalue weighted by Gasteiger charge is -1.92. The van der Waals surface area contributed by atoms with Gasteiger partial charge in [0.05, 0.1) is 0 Å². The molecule has 1 rings (SSSR count). The van der Waals surface area contributed by atoms with Crippen molar-refractivity contribution in [2.24, 2.45) is 5.73 Å². The van der Waals surface area contributed by atoms with Crippen LogP contribution in [0.25, 0.3) is 0 Å². The normalized spacial score (nSPS) is 9.44. The smallest absolute Gasteiger partial charge is 0.0303 e. The van der Waals surface area contributed by atoms with Crippen molar-refractivity contribution < 1.29 is 0 Å². The van der Waals surface area contributed by atoms with Crippen molar-refractivity contribution in [1.29, 1.82) is 0 Å². The SMILES string of the molecule is NC[CH]c1cccnc1. The summed E-state index contributed by atoms with van der Waals surface area (Å²) in [5.74, 6) is 0. The van der Waals surface area contributed by atoms with E-state index in [4.69, 9.17) is 5.73 Å². The van der Waals surface area contributed by atoms with Gasteiger partial charge in [0, 0.05) is 18.8 Å². The molecule has 0 saturated carbocycles. The molecule has 0 aliphatic carbocycles. The van der Waals surface area contributed by atoms with E-state index in [0.29, 0.717) is 6.54 Å². The van der Waals surface area contributed by atoms with E-state index in [9.17, 15) is 0 Å². The van der Waals surface area contributed by atoms with Gasteiger partial charge in [0.25, 0.3) is 0 Å². The van der Waals surface area contributed by atoms with Crippen LogP contribution in [0.1, 0.15) is 5.56 Å². The van der Waals surface area contributed by atoms with Crippen LogP contribution in [0.5, 0.6) is 0 Å². The van der Waals surface area contributed by atoms with Crippen LogP contribution in [0.3, 0.4) is 0 Å². The summed E-state index contributed by atoms with van der Waals surface area (Å²) in [6, 6.07) is 3.86. The van der Waals surface area contributed by atoms with Gasteiger partial charge in [-0.2, -0.15) is 0 Å². The lowest BCUT2D eigenvalue weighted by atomic mass is 10.2. The molecule has 0 aromatic carbocycles. The zero-order chi connectivity index (χ0) is 6.53. The van der Waals surface area contributed by atoms with Gasteiger partial charge in [-0.25, -0.2) is 0 Å². The average molecular weight is 121 g/mol. The summed E-state index contributed by atoms with van der Waals surface area (Å²) >= 11 is 0. The molecule has 2 N–H and O–H groups in total. The maximum atomic E-state index is 5.28. The molecule has 0 saturated heterocycles. The van der Waals surface area contributed by atoms with Gasteiger partial charge in [0.2, 0.25) is 0 Å². The molecule has 0 atom stereocenters. The first-order valence-electron chi connectivity index (χ1n) is 2.87. The summed E-state index contributed by atoms with van der Waals surface area (Å²) in [6.07, 6.45) is 5.45. The minimum atomic E-state index is 0.575. The first kappa shape index (κ1) is 6.23. The molecular weight excluding hydrogens is 112 g/mol. The summed E-state index contributed by atoms with van der Waals surface area (Å²) in [6.45, 7) is 0.575. The predicted octanol–water partition coefficient (Wildman–Crippen LogP) is 0.593. The Morgan fingerprint density at radius 2 is 2.56 bits per heavy atom. The van der Waals surface area contributed by atoms with E-state index >= 15 is 0 Å². The minimum Gasteiger partial charge on any atom is -0.330 e. The van der Waals surface area contributed by atoms with Crippen LogP contribution in [0.2, 0.25) is 0 Å². The lowest BCUT2D eigenvalue weighted by molar-refractivity contribution is 1.14. The molecule has 2 nitrogen and oxygen atoms in total. The van der Waals surface area contributed by atoms with E-state index in [2.05, 4.69) is 4.98 Å². The maximum Gasteiger partial charge on any atom is 0.0303 e. The zero-order valence-corrected chi connectivity index (χ0v) is 5.12. The number of pyridine rings is 1. The second-order valence-corrected chi connectivity index (χ2v) is 1.73. The average Bonchev–Trinajstić information content (AvgIpc) is 1.91. The Balaban J connectivity index is 2.61. The van der Waals surface area contributed by atoms with Crippen LogP contribution in [0, 0.1) is 6.42 Å². The quantitative estimate of drug-likeness (QED) is 0.622. The molecule has 0 bridgehead atoms. The molecule has 0 amide bonds. The number of hydrogen-bond acceptors (Lipinski definition) is 2. The Morgan fingerprint density at radius 1 is 1.67 bits per heavy atom. The predicted molar refractivity (Wildman–Crippen MR) is 36.7 cm³/mol. The Kier molecular flexibility index (Phi) is 2.22. The Bertz CT molecular complexity index is 160. The van der Waals surface area contributed by atoms with E-state index in [1.165, 1.54) is 0 Å². The fourth-order valence-corrected chi connectivity index (χ4v) is 0.633. The summed E-state index contributed by atoms with van der Waals surface area (Å²) < 4.78 is 0. The molecule has 0 fully saturated rings. The Hall–Kier alpha value is -0.890. The zero-order valence-electron chi connectivity index (χ0n) is 5.12. The van der Waals surface area contributed by atoms with E-state index in [0.717, 1.165) is 5.56 Å². The van der Waals surface area contributed by atoms with Crippen LogP contribution in [-0.2, 0) is 0 Å². The van der Waals surface area contributed by atoms with Crippen LogP contribution in [0.15, 0.2) is 24.5 Å². The molecule has 47 valence electrons. The summed E-state index contributed by atoms with van der Waals surface area (Å²) in [4.78, 5) is 3.92.